The molecule has 1 saturated heterocycles. The molecule has 8 nitrogen and oxygen atoms in total. The molecule has 1 aliphatic heterocycles. The number of benzene rings is 1. The van der Waals surface area contributed by atoms with Gasteiger partial charge in [0.15, 0.2) is 10.9 Å². The highest BCUT2D eigenvalue weighted by atomic mass is 32.1. The first kappa shape index (κ1) is 20.7. The minimum Gasteiger partial charge on any atom is -0.496 e. The average molecular weight is 451 g/mol. The second-order valence-electron chi connectivity index (χ2n) is 8.04. The Morgan fingerprint density at radius 2 is 2.19 bits per heavy atom. The lowest BCUT2D eigenvalue weighted by molar-refractivity contribution is 0.266. The molecule has 4 aromatic rings. The molecule has 2 N–H and O–H groups in total. The molecule has 0 radical (unpaired) electrons. The van der Waals surface area contributed by atoms with Gasteiger partial charge in [0.1, 0.15) is 11.3 Å². The monoisotopic (exact) mass is 450 g/mol. The highest BCUT2D eigenvalue weighted by molar-refractivity contribution is 7.18. The number of aliphatic hydroxyl groups excluding tert-OH is 1. The van der Waals surface area contributed by atoms with Gasteiger partial charge in [-0.2, -0.15) is 4.98 Å². The summed E-state index contributed by atoms with van der Waals surface area (Å²) in [4.78, 5) is 12.6. The fraction of sp³-hybridized carbons (Fsp3) is 0.348. The van der Waals surface area contributed by atoms with E-state index in [1.54, 1.807) is 18.4 Å². The first-order chi connectivity index (χ1) is 15.6. The second-order valence-corrected chi connectivity index (χ2v) is 9.07. The maximum atomic E-state index is 9.79. The van der Waals surface area contributed by atoms with Crippen molar-refractivity contribution in [3.63, 3.8) is 0 Å². The van der Waals surface area contributed by atoms with Crippen LogP contribution in [0.3, 0.4) is 0 Å². The molecule has 0 spiro atoms. The molecule has 0 unspecified atom stereocenters. The average Bonchev–Trinajstić information content (AvgIpc) is 3.55. The van der Waals surface area contributed by atoms with E-state index < -0.39 is 0 Å². The lowest BCUT2D eigenvalue weighted by atomic mass is 10.0. The number of thiazole rings is 1. The fourth-order valence-corrected chi connectivity index (χ4v) is 5.03. The van der Waals surface area contributed by atoms with E-state index in [0.717, 1.165) is 57.6 Å². The van der Waals surface area contributed by atoms with Gasteiger partial charge in [-0.3, -0.25) is 5.32 Å². The number of aromatic nitrogens is 4. The molecule has 0 aliphatic carbocycles. The Balaban J connectivity index is 1.46. The van der Waals surface area contributed by atoms with Gasteiger partial charge in [-0.1, -0.05) is 17.4 Å². The smallest absolute Gasteiger partial charge is 0.249 e. The molecule has 1 aliphatic rings. The van der Waals surface area contributed by atoms with Crippen LogP contribution in [-0.4, -0.2) is 51.0 Å². The van der Waals surface area contributed by atoms with E-state index in [1.807, 2.05) is 35.1 Å². The van der Waals surface area contributed by atoms with Crippen molar-refractivity contribution >= 4 is 33.8 Å². The summed E-state index contributed by atoms with van der Waals surface area (Å²) in [6, 6.07) is 8.24. The van der Waals surface area contributed by atoms with Crippen LogP contribution in [-0.2, 0) is 0 Å². The summed E-state index contributed by atoms with van der Waals surface area (Å²) in [6.07, 6.45) is 5.77. The summed E-state index contributed by atoms with van der Waals surface area (Å²) in [5, 5.41) is 18.4. The largest absolute Gasteiger partial charge is 0.496 e. The standard InChI is InChI=1S/C23H26N6O2S/c1-14-10-16(11-19(31-3)15(14)2)20-12-24-23(32-20)26-22-25-21(18-7-5-9-29(18)27-22)28-8-4-6-17(28)13-30/h5,7,9-12,17,30H,4,6,8,13H2,1-3H3,(H,24,26,27)/t17-/m0/s1. The van der Waals surface area contributed by atoms with E-state index in [0.29, 0.717) is 5.95 Å². The van der Waals surface area contributed by atoms with E-state index in [9.17, 15) is 5.11 Å². The van der Waals surface area contributed by atoms with Crippen molar-refractivity contribution in [1.82, 2.24) is 19.6 Å². The summed E-state index contributed by atoms with van der Waals surface area (Å²) in [6.45, 7) is 5.14. The molecule has 0 amide bonds. The Morgan fingerprint density at radius 1 is 1.31 bits per heavy atom. The predicted octanol–water partition coefficient (Wildman–Crippen LogP) is 4.18. The molecular weight excluding hydrogens is 424 g/mol. The number of aryl methyl sites for hydroxylation is 1. The highest BCUT2D eigenvalue weighted by Gasteiger charge is 2.27. The lowest BCUT2D eigenvalue weighted by Crippen LogP contribution is -2.33. The maximum absolute atomic E-state index is 9.79. The van der Waals surface area contributed by atoms with Crippen LogP contribution in [0.15, 0.2) is 36.7 Å². The van der Waals surface area contributed by atoms with E-state index in [1.165, 1.54) is 5.56 Å². The molecule has 1 fully saturated rings. The predicted molar refractivity (Wildman–Crippen MR) is 127 cm³/mol. The van der Waals surface area contributed by atoms with Gasteiger partial charge >= 0.3 is 0 Å². The molecule has 0 saturated carbocycles. The third-order valence-electron chi connectivity index (χ3n) is 6.08. The van der Waals surface area contributed by atoms with Gasteiger partial charge in [-0.05, 0) is 61.6 Å². The third kappa shape index (κ3) is 3.67. The number of nitrogens with zero attached hydrogens (tertiary/aromatic N) is 5. The van der Waals surface area contributed by atoms with Crippen molar-refractivity contribution in [3.8, 4) is 16.2 Å². The summed E-state index contributed by atoms with van der Waals surface area (Å²) < 4.78 is 7.35. The van der Waals surface area contributed by atoms with E-state index in [4.69, 9.17) is 9.72 Å². The summed E-state index contributed by atoms with van der Waals surface area (Å²) in [7, 11) is 1.69. The van der Waals surface area contributed by atoms with Gasteiger partial charge in [0.25, 0.3) is 0 Å². The molecule has 3 aromatic heterocycles. The van der Waals surface area contributed by atoms with E-state index >= 15 is 0 Å². The van der Waals surface area contributed by atoms with Crippen LogP contribution in [0.25, 0.3) is 16.0 Å². The lowest BCUT2D eigenvalue weighted by Gasteiger charge is -2.25. The van der Waals surface area contributed by atoms with Crippen LogP contribution in [0, 0.1) is 13.8 Å². The number of aliphatic hydroxyl groups is 1. The number of anilines is 3. The zero-order valence-corrected chi connectivity index (χ0v) is 19.2. The number of rotatable bonds is 6. The van der Waals surface area contributed by atoms with Gasteiger partial charge in [-0.25, -0.2) is 9.50 Å². The van der Waals surface area contributed by atoms with Crippen molar-refractivity contribution in [2.45, 2.75) is 32.7 Å². The zero-order chi connectivity index (χ0) is 22.2. The first-order valence-corrected chi connectivity index (χ1v) is 11.5. The van der Waals surface area contributed by atoms with Gasteiger partial charge < -0.3 is 14.7 Å². The van der Waals surface area contributed by atoms with Crippen LogP contribution in [0.2, 0.25) is 0 Å². The topological polar surface area (TPSA) is 87.8 Å². The fourth-order valence-electron chi connectivity index (χ4n) is 4.23. The molecule has 1 aromatic carbocycles. The number of nitrogens with one attached hydrogen (secondary N) is 1. The Hall–Kier alpha value is -3.17. The van der Waals surface area contributed by atoms with Crippen LogP contribution in [0.1, 0.15) is 24.0 Å². The van der Waals surface area contributed by atoms with Crippen LogP contribution in [0.5, 0.6) is 5.75 Å². The molecule has 0 bridgehead atoms. The molecule has 4 heterocycles. The SMILES string of the molecule is COc1cc(-c2cnc(Nc3nc(N4CCC[C@H]4CO)c4cccn4n3)s2)cc(C)c1C. The van der Waals surface area contributed by atoms with Crippen molar-refractivity contribution in [3.05, 3.63) is 47.8 Å². The van der Waals surface area contributed by atoms with Gasteiger partial charge in [0, 0.05) is 18.9 Å². The number of fused-ring (bicyclic) bond motifs is 1. The quantitative estimate of drug-likeness (QED) is 0.456. The first-order valence-electron chi connectivity index (χ1n) is 10.7. The second kappa shape index (κ2) is 8.40. The Labute approximate surface area is 190 Å². The van der Waals surface area contributed by atoms with Crippen LogP contribution < -0.4 is 15.0 Å². The van der Waals surface area contributed by atoms with Gasteiger partial charge in [0.2, 0.25) is 5.95 Å². The Bertz CT molecular complexity index is 1270. The minimum absolute atomic E-state index is 0.0858. The highest BCUT2D eigenvalue weighted by Crippen LogP contribution is 2.35. The van der Waals surface area contributed by atoms with Crippen molar-refractivity contribution in [2.24, 2.45) is 0 Å². The van der Waals surface area contributed by atoms with E-state index in [2.05, 4.69) is 40.2 Å². The summed E-state index contributed by atoms with van der Waals surface area (Å²) >= 11 is 1.54. The van der Waals surface area contributed by atoms with Crippen molar-refractivity contribution in [1.29, 1.82) is 0 Å². The number of hydrogen-bond donors (Lipinski definition) is 2. The van der Waals surface area contributed by atoms with Gasteiger partial charge in [-0.15, -0.1) is 5.10 Å². The number of hydrogen-bond acceptors (Lipinski definition) is 8. The normalized spacial score (nSPS) is 16.1. The molecule has 5 rings (SSSR count). The molecule has 32 heavy (non-hydrogen) atoms. The summed E-state index contributed by atoms with van der Waals surface area (Å²) in [5.41, 5.74) is 4.32. The van der Waals surface area contributed by atoms with Crippen molar-refractivity contribution in [2.75, 3.05) is 30.5 Å². The minimum atomic E-state index is 0.0858. The van der Waals surface area contributed by atoms with E-state index in [-0.39, 0.29) is 12.6 Å². The third-order valence-corrected chi connectivity index (χ3v) is 7.04. The molecule has 1 atom stereocenters. The van der Waals surface area contributed by atoms with Crippen LogP contribution >= 0.6 is 11.3 Å². The zero-order valence-electron chi connectivity index (χ0n) is 18.4. The molecule has 9 heteroatoms. The van der Waals surface area contributed by atoms with Crippen molar-refractivity contribution < 1.29 is 9.84 Å². The van der Waals surface area contributed by atoms with Crippen LogP contribution in [0.4, 0.5) is 16.9 Å². The number of methoxy groups -OCH3 is 1. The maximum Gasteiger partial charge on any atom is 0.249 e. The van der Waals surface area contributed by atoms with Gasteiger partial charge in [0.05, 0.1) is 24.6 Å². The Kier molecular flexibility index (Phi) is 5.44. The molecular formula is C23H26N6O2S. The summed E-state index contributed by atoms with van der Waals surface area (Å²) in [5.74, 6) is 2.18. The number of ether oxygens (including phenoxy) is 1. The molecule has 166 valence electrons. The Morgan fingerprint density at radius 3 is 3.00 bits per heavy atom.